The molecule has 3 rings (SSSR count). The molecule has 0 saturated carbocycles. The minimum atomic E-state index is -0.878. The van der Waals surface area contributed by atoms with E-state index in [1.807, 2.05) is 79.5 Å². The van der Waals surface area contributed by atoms with Crippen LogP contribution in [0.2, 0.25) is 0 Å². The highest BCUT2D eigenvalue weighted by molar-refractivity contribution is 5.92. The number of carboxylic acids is 1. The number of aliphatic carboxylic acids is 1. The van der Waals surface area contributed by atoms with Crippen LogP contribution in [0.4, 0.5) is 23.1 Å². The summed E-state index contributed by atoms with van der Waals surface area (Å²) in [5, 5.41) is 14.7. The summed E-state index contributed by atoms with van der Waals surface area (Å²) in [6.07, 6.45) is 0.311. The first-order chi connectivity index (χ1) is 20.9. The number of amides is 1. The number of ether oxygens (including phenoxy) is 4. The van der Waals surface area contributed by atoms with Crippen LogP contribution in [-0.4, -0.2) is 93.4 Å². The van der Waals surface area contributed by atoms with E-state index in [9.17, 15) is 9.59 Å². The van der Waals surface area contributed by atoms with E-state index in [4.69, 9.17) is 24.1 Å². The summed E-state index contributed by atoms with van der Waals surface area (Å²) in [6.45, 7) is 5.80. The molecule has 43 heavy (non-hydrogen) atoms. The monoisotopic (exact) mass is 595 g/mol. The summed E-state index contributed by atoms with van der Waals surface area (Å²) in [4.78, 5) is 33.9. The lowest BCUT2D eigenvalue weighted by atomic mass is 10.1. The number of hydrogen-bond donors (Lipinski definition) is 3. The van der Waals surface area contributed by atoms with Crippen molar-refractivity contribution >= 4 is 35.0 Å². The SMILES string of the molecule is Cc1cc(N(C)CCOCCOCCOCCOCCC(=O)O)nc(Nc2ccc(NC(=O)Cc3ccccc3)cc2)n1. The quantitative estimate of drug-likeness (QED) is 0.155. The maximum atomic E-state index is 12.3. The van der Waals surface area contributed by atoms with Crippen molar-refractivity contribution in [3.05, 3.63) is 71.9 Å². The Morgan fingerprint density at radius 1 is 0.791 bits per heavy atom. The molecule has 1 aromatic heterocycles. The first-order valence-electron chi connectivity index (χ1n) is 14.2. The van der Waals surface area contributed by atoms with Gasteiger partial charge in [-0.05, 0) is 36.8 Å². The van der Waals surface area contributed by atoms with Crippen molar-refractivity contribution in [2.24, 2.45) is 0 Å². The van der Waals surface area contributed by atoms with E-state index in [0.717, 1.165) is 22.8 Å². The third-order valence-electron chi connectivity index (χ3n) is 6.01. The van der Waals surface area contributed by atoms with Gasteiger partial charge in [0.1, 0.15) is 5.82 Å². The largest absolute Gasteiger partial charge is 0.481 e. The molecule has 0 aliphatic carbocycles. The van der Waals surface area contributed by atoms with E-state index in [1.54, 1.807) is 0 Å². The first-order valence-corrected chi connectivity index (χ1v) is 14.2. The molecule has 12 nitrogen and oxygen atoms in total. The third kappa shape index (κ3) is 14.1. The molecule has 1 amide bonds. The standard InChI is InChI=1S/C31H41N5O7/c1-24-22-28(36(2)13-15-41-17-19-43-21-20-42-18-16-40-14-12-30(38)39)35-31(32-24)34-27-10-8-26(9-11-27)33-29(37)23-25-6-4-3-5-7-25/h3-11,22H,12-21,23H2,1-2H3,(H,33,37)(H,38,39)(H,32,34,35). The summed E-state index contributed by atoms with van der Waals surface area (Å²) in [5.74, 6) is 0.297. The summed E-state index contributed by atoms with van der Waals surface area (Å²) >= 11 is 0. The van der Waals surface area contributed by atoms with Crippen molar-refractivity contribution < 1.29 is 33.6 Å². The van der Waals surface area contributed by atoms with Gasteiger partial charge in [-0.2, -0.15) is 4.98 Å². The molecular weight excluding hydrogens is 554 g/mol. The molecule has 0 aliphatic heterocycles. The van der Waals surface area contributed by atoms with Crippen molar-refractivity contribution in [1.82, 2.24) is 9.97 Å². The van der Waals surface area contributed by atoms with Crippen LogP contribution in [0.15, 0.2) is 60.7 Å². The zero-order valence-electron chi connectivity index (χ0n) is 24.8. The van der Waals surface area contributed by atoms with Crippen molar-refractivity contribution in [1.29, 1.82) is 0 Å². The molecule has 0 saturated heterocycles. The zero-order chi connectivity index (χ0) is 30.7. The van der Waals surface area contributed by atoms with Gasteiger partial charge in [0.25, 0.3) is 0 Å². The molecule has 3 aromatic rings. The highest BCUT2D eigenvalue weighted by Gasteiger charge is 2.09. The number of anilines is 4. The molecule has 3 N–H and O–H groups in total. The maximum absolute atomic E-state index is 12.3. The Morgan fingerprint density at radius 2 is 1.37 bits per heavy atom. The van der Waals surface area contributed by atoms with Gasteiger partial charge in [0.05, 0.1) is 65.7 Å². The number of nitrogens with one attached hydrogen (secondary N) is 2. The third-order valence-corrected chi connectivity index (χ3v) is 6.01. The highest BCUT2D eigenvalue weighted by atomic mass is 16.6. The number of benzene rings is 2. The molecule has 0 atom stereocenters. The van der Waals surface area contributed by atoms with E-state index >= 15 is 0 Å². The molecule has 0 radical (unpaired) electrons. The molecule has 12 heteroatoms. The summed E-state index contributed by atoms with van der Waals surface area (Å²) in [5.41, 5.74) is 3.31. The Labute approximate surface area is 252 Å². The van der Waals surface area contributed by atoms with Crippen LogP contribution in [0, 0.1) is 6.92 Å². The molecule has 2 aromatic carbocycles. The minimum Gasteiger partial charge on any atom is -0.481 e. The second-order valence-electron chi connectivity index (χ2n) is 9.62. The van der Waals surface area contributed by atoms with Gasteiger partial charge in [0, 0.05) is 36.7 Å². The van der Waals surface area contributed by atoms with Gasteiger partial charge in [-0.15, -0.1) is 0 Å². The van der Waals surface area contributed by atoms with Crippen LogP contribution in [-0.2, 0) is 35.0 Å². The summed E-state index contributed by atoms with van der Waals surface area (Å²) < 4.78 is 21.7. The minimum absolute atomic E-state index is 0.00867. The molecule has 0 spiro atoms. The van der Waals surface area contributed by atoms with Crippen molar-refractivity contribution in [3.8, 4) is 0 Å². The number of aryl methyl sites for hydroxylation is 1. The van der Waals surface area contributed by atoms with Crippen LogP contribution < -0.4 is 15.5 Å². The Kier molecular flexibility index (Phi) is 14.9. The topological polar surface area (TPSA) is 144 Å². The second-order valence-corrected chi connectivity index (χ2v) is 9.62. The highest BCUT2D eigenvalue weighted by Crippen LogP contribution is 2.20. The molecule has 0 unspecified atom stereocenters. The summed E-state index contributed by atoms with van der Waals surface area (Å²) in [7, 11) is 1.95. The lowest BCUT2D eigenvalue weighted by Crippen LogP contribution is -2.24. The molecule has 0 fully saturated rings. The Morgan fingerprint density at radius 3 is 2.00 bits per heavy atom. The maximum Gasteiger partial charge on any atom is 0.305 e. The van der Waals surface area contributed by atoms with E-state index in [0.29, 0.717) is 70.8 Å². The molecular formula is C31H41N5O7. The predicted molar refractivity (Wildman–Crippen MR) is 164 cm³/mol. The number of carboxylic acid groups (broad SMARTS) is 1. The van der Waals surface area contributed by atoms with Gasteiger partial charge in [0.2, 0.25) is 11.9 Å². The van der Waals surface area contributed by atoms with Crippen LogP contribution in [0.25, 0.3) is 0 Å². The van der Waals surface area contributed by atoms with Crippen LogP contribution >= 0.6 is 0 Å². The van der Waals surface area contributed by atoms with E-state index in [-0.39, 0.29) is 18.9 Å². The first kappa shape index (κ1) is 33.4. The molecule has 0 aliphatic rings. The van der Waals surface area contributed by atoms with Crippen LogP contribution in [0.1, 0.15) is 17.7 Å². The lowest BCUT2D eigenvalue weighted by molar-refractivity contribution is -0.138. The molecule has 1 heterocycles. The number of carbonyl (C=O) groups is 2. The van der Waals surface area contributed by atoms with Crippen LogP contribution in [0.5, 0.6) is 0 Å². The predicted octanol–water partition coefficient (Wildman–Crippen LogP) is 3.69. The number of hydrogen-bond acceptors (Lipinski definition) is 10. The molecule has 232 valence electrons. The van der Waals surface area contributed by atoms with E-state index in [1.165, 1.54) is 0 Å². The smallest absolute Gasteiger partial charge is 0.305 e. The Hall–Kier alpha value is -4.10. The fourth-order valence-electron chi connectivity index (χ4n) is 3.79. The fourth-order valence-corrected chi connectivity index (χ4v) is 3.79. The number of rotatable bonds is 21. The van der Waals surface area contributed by atoms with Gasteiger partial charge in [-0.1, -0.05) is 30.3 Å². The summed E-state index contributed by atoms with van der Waals surface area (Å²) in [6, 6.07) is 19.0. The number of aromatic nitrogens is 2. The second kappa shape index (κ2) is 19.2. The van der Waals surface area contributed by atoms with Gasteiger partial charge in [-0.25, -0.2) is 4.98 Å². The van der Waals surface area contributed by atoms with Gasteiger partial charge in [-0.3, -0.25) is 9.59 Å². The van der Waals surface area contributed by atoms with Gasteiger partial charge >= 0.3 is 5.97 Å². The van der Waals surface area contributed by atoms with Gasteiger partial charge in [0.15, 0.2) is 0 Å². The van der Waals surface area contributed by atoms with E-state index in [2.05, 4.69) is 20.6 Å². The molecule has 0 bridgehead atoms. The average molecular weight is 596 g/mol. The number of nitrogens with zero attached hydrogens (tertiary/aromatic N) is 3. The van der Waals surface area contributed by atoms with Crippen molar-refractivity contribution in [2.75, 3.05) is 82.0 Å². The fraction of sp³-hybridized carbons (Fsp3) is 0.419. The number of carbonyl (C=O) groups excluding carboxylic acids is 1. The van der Waals surface area contributed by atoms with Crippen LogP contribution in [0.3, 0.4) is 0 Å². The number of likely N-dealkylation sites (N-methyl/N-ethyl adjacent to an activating group) is 1. The Bertz CT molecular complexity index is 1250. The zero-order valence-corrected chi connectivity index (χ0v) is 24.8. The normalized spacial score (nSPS) is 10.8. The van der Waals surface area contributed by atoms with E-state index < -0.39 is 5.97 Å². The van der Waals surface area contributed by atoms with Crippen molar-refractivity contribution in [3.63, 3.8) is 0 Å². The Balaban J connectivity index is 1.30. The van der Waals surface area contributed by atoms with Crippen molar-refractivity contribution in [2.45, 2.75) is 19.8 Å². The van der Waals surface area contributed by atoms with Gasteiger partial charge < -0.3 is 39.6 Å². The average Bonchev–Trinajstić information content (AvgIpc) is 2.98. The lowest BCUT2D eigenvalue weighted by Gasteiger charge is -2.19.